The Bertz CT molecular complexity index is 779. The van der Waals surface area contributed by atoms with E-state index in [1.807, 2.05) is 12.3 Å². The standard InChI is InChI=1S/C15H11FN2S/c16-11-2-3-12-13(8-17-14(12)6-11)9-1-4-15-10(5-9)7-18-19-15/h1-6,8,17-18H,7H2. The molecular formula is C15H11FN2S. The summed E-state index contributed by atoms with van der Waals surface area (Å²) in [5, 5.41) is 1.06. The van der Waals surface area contributed by atoms with Gasteiger partial charge in [0.2, 0.25) is 0 Å². The molecule has 94 valence electrons. The summed E-state index contributed by atoms with van der Waals surface area (Å²) >= 11 is 1.67. The molecule has 4 heteroatoms. The molecule has 0 bridgehead atoms. The van der Waals surface area contributed by atoms with Crippen LogP contribution in [-0.2, 0) is 6.54 Å². The van der Waals surface area contributed by atoms with E-state index in [-0.39, 0.29) is 5.82 Å². The molecule has 1 aromatic heterocycles. The highest BCUT2D eigenvalue weighted by Crippen LogP contribution is 2.34. The van der Waals surface area contributed by atoms with E-state index in [4.69, 9.17) is 0 Å². The second kappa shape index (κ2) is 4.11. The number of rotatable bonds is 1. The van der Waals surface area contributed by atoms with Crippen LogP contribution in [0.5, 0.6) is 0 Å². The molecule has 0 saturated heterocycles. The third-order valence-corrected chi connectivity index (χ3v) is 4.37. The molecule has 0 spiro atoms. The summed E-state index contributed by atoms with van der Waals surface area (Å²) in [6, 6.07) is 11.3. The molecular weight excluding hydrogens is 259 g/mol. The Labute approximate surface area is 114 Å². The maximum absolute atomic E-state index is 13.2. The fourth-order valence-corrected chi connectivity index (χ4v) is 3.29. The van der Waals surface area contributed by atoms with Crippen LogP contribution in [0.3, 0.4) is 0 Å². The van der Waals surface area contributed by atoms with Gasteiger partial charge in [0.15, 0.2) is 0 Å². The van der Waals surface area contributed by atoms with Crippen LogP contribution in [0.25, 0.3) is 22.0 Å². The lowest BCUT2D eigenvalue weighted by atomic mass is 10.0. The minimum Gasteiger partial charge on any atom is -0.360 e. The van der Waals surface area contributed by atoms with Crippen molar-refractivity contribution in [1.82, 2.24) is 9.71 Å². The molecule has 2 nitrogen and oxygen atoms in total. The van der Waals surface area contributed by atoms with Crippen LogP contribution >= 0.6 is 11.9 Å². The highest BCUT2D eigenvalue weighted by atomic mass is 32.2. The maximum atomic E-state index is 13.2. The summed E-state index contributed by atoms with van der Waals surface area (Å²) in [4.78, 5) is 4.42. The van der Waals surface area contributed by atoms with Gasteiger partial charge in [-0.3, -0.25) is 4.72 Å². The van der Waals surface area contributed by atoms with Gasteiger partial charge in [-0.1, -0.05) is 6.07 Å². The Morgan fingerprint density at radius 2 is 2.05 bits per heavy atom. The van der Waals surface area contributed by atoms with Crippen molar-refractivity contribution < 1.29 is 4.39 Å². The van der Waals surface area contributed by atoms with Crippen molar-refractivity contribution in [3.05, 3.63) is 54.0 Å². The van der Waals surface area contributed by atoms with E-state index >= 15 is 0 Å². The van der Waals surface area contributed by atoms with Gasteiger partial charge in [-0.05, 0) is 53.4 Å². The smallest absolute Gasteiger partial charge is 0.125 e. The average Bonchev–Trinajstić information content (AvgIpc) is 3.02. The lowest BCUT2D eigenvalue weighted by Crippen LogP contribution is -1.91. The largest absolute Gasteiger partial charge is 0.360 e. The minimum absolute atomic E-state index is 0.213. The molecule has 0 radical (unpaired) electrons. The van der Waals surface area contributed by atoms with Crippen molar-refractivity contribution in [3.8, 4) is 11.1 Å². The van der Waals surface area contributed by atoms with E-state index in [0.717, 1.165) is 23.0 Å². The number of aromatic amines is 1. The monoisotopic (exact) mass is 270 g/mol. The quantitative estimate of drug-likeness (QED) is 0.652. The van der Waals surface area contributed by atoms with E-state index in [1.54, 1.807) is 11.9 Å². The molecule has 0 unspecified atom stereocenters. The van der Waals surface area contributed by atoms with E-state index in [1.165, 1.54) is 28.2 Å². The molecule has 0 saturated carbocycles. The van der Waals surface area contributed by atoms with Gasteiger partial charge in [0.05, 0.1) is 0 Å². The fourth-order valence-electron chi connectivity index (χ4n) is 2.51. The number of hydrogen-bond donors (Lipinski definition) is 2. The van der Waals surface area contributed by atoms with Crippen molar-refractivity contribution in [3.63, 3.8) is 0 Å². The molecule has 3 aromatic rings. The van der Waals surface area contributed by atoms with Crippen molar-refractivity contribution in [2.24, 2.45) is 0 Å². The second-order valence-electron chi connectivity index (χ2n) is 4.64. The summed E-state index contributed by atoms with van der Waals surface area (Å²) in [5.74, 6) is -0.213. The number of benzene rings is 2. The Hall–Kier alpha value is -1.78. The van der Waals surface area contributed by atoms with Gasteiger partial charge < -0.3 is 4.98 Å². The number of H-pyrrole nitrogens is 1. The van der Waals surface area contributed by atoms with Gasteiger partial charge in [0.25, 0.3) is 0 Å². The molecule has 2 heterocycles. The third-order valence-electron chi connectivity index (χ3n) is 3.46. The van der Waals surface area contributed by atoms with Crippen LogP contribution in [-0.4, -0.2) is 4.98 Å². The van der Waals surface area contributed by atoms with E-state index < -0.39 is 0 Å². The summed E-state index contributed by atoms with van der Waals surface area (Å²) in [5.41, 5.74) is 4.44. The Morgan fingerprint density at radius 1 is 1.11 bits per heavy atom. The molecule has 0 amide bonds. The lowest BCUT2D eigenvalue weighted by molar-refractivity contribution is 0.629. The molecule has 1 aliphatic rings. The highest BCUT2D eigenvalue weighted by Gasteiger charge is 2.13. The van der Waals surface area contributed by atoms with Crippen LogP contribution in [0.15, 0.2) is 47.5 Å². The summed E-state index contributed by atoms with van der Waals surface area (Å²) in [7, 11) is 0. The average molecular weight is 270 g/mol. The number of aromatic nitrogens is 1. The third kappa shape index (κ3) is 1.76. The van der Waals surface area contributed by atoms with Crippen molar-refractivity contribution in [1.29, 1.82) is 0 Å². The molecule has 0 fully saturated rings. The van der Waals surface area contributed by atoms with Crippen molar-refractivity contribution >= 4 is 22.9 Å². The summed E-state index contributed by atoms with van der Waals surface area (Å²) in [6.45, 7) is 0.894. The van der Waals surface area contributed by atoms with Crippen molar-refractivity contribution in [2.75, 3.05) is 0 Å². The van der Waals surface area contributed by atoms with E-state index in [9.17, 15) is 4.39 Å². The highest BCUT2D eigenvalue weighted by molar-refractivity contribution is 7.97. The van der Waals surface area contributed by atoms with Gasteiger partial charge in [0.1, 0.15) is 5.82 Å². The zero-order chi connectivity index (χ0) is 12.8. The molecule has 19 heavy (non-hydrogen) atoms. The van der Waals surface area contributed by atoms with Crippen LogP contribution in [0, 0.1) is 5.82 Å². The fraction of sp³-hybridized carbons (Fsp3) is 0.0667. The molecule has 4 rings (SSSR count). The molecule has 1 aliphatic heterocycles. The number of hydrogen-bond acceptors (Lipinski definition) is 2. The Balaban J connectivity index is 1.90. The Morgan fingerprint density at radius 3 is 3.00 bits per heavy atom. The van der Waals surface area contributed by atoms with Crippen molar-refractivity contribution in [2.45, 2.75) is 11.4 Å². The SMILES string of the molecule is Fc1ccc2c(-c3ccc4c(c3)CNS4)c[nH]c2c1. The lowest BCUT2D eigenvalue weighted by Gasteiger charge is -2.03. The predicted molar refractivity (Wildman–Crippen MR) is 76.4 cm³/mol. The maximum Gasteiger partial charge on any atom is 0.125 e. The minimum atomic E-state index is -0.213. The van der Waals surface area contributed by atoms with Crippen LogP contribution < -0.4 is 4.72 Å². The van der Waals surface area contributed by atoms with Gasteiger partial charge in [0, 0.05) is 34.1 Å². The zero-order valence-corrected chi connectivity index (χ0v) is 10.9. The van der Waals surface area contributed by atoms with Crippen LogP contribution in [0.2, 0.25) is 0 Å². The van der Waals surface area contributed by atoms with E-state index in [2.05, 4.69) is 27.9 Å². The van der Waals surface area contributed by atoms with Gasteiger partial charge >= 0.3 is 0 Å². The number of fused-ring (bicyclic) bond motifs is 2. The first-order chi connectivity index (χ1) is 9.31. The van der Waals surface area contributed by atoms with Gasteiger partial charge in [-0.25, -0.2) is 4.39 Å². The first-order valence-electron chi connectivity index (χ1n) is 6.11. The summed E-state index contributed by atoms with van der Waals surface area (Å²) < 4.78 is 16.5. The van der Waals surface area contributed by atoms with Crippen LogP contribution in [0.1, 0.15) is 5.56 Å². The zero-order valence-electron chi connectivity index (χ0n) is 10.0. The molecule has 0 aliphatic carbocycles. The van der Waals surface area contributed by atoms with Gasteiger partial charge in [-0.15, -0.1) is 0 Å². The Kier molecular flexibility index (Phi) is 2.40. The topological polar surface area (TPSA) is 27.8 Å². The molecule has 2 aromatic carbocycles. The van der Waals surface area contributed by atoms with Crippen LogP contribution in [0.4, 0.5) is 4.39 Å². The predicted octanol–water partition coefficient (Wildman–Crippen LogP) is 4.08. The molecule has 2 N–H and O–H groups in total. The molecule has 0 atom stereocenters. The normalized spacial score (nSPS) is 13.9. The van der Waals surface area contributed by atoms with E-state index in [0.29, 0.717) is 0 Å². The number of nitrogens with one attached hydrogen (secondary N) is 2. The first kappa shape index (κ1) is 11.1. The second-order valence-corrected chi connectivity index (χ2v) is 5.57. The number of halogens is 1. The summed E-state index contributed by atoms with van der Waals surface area (Å²) in [6.07, 6.45) is 1.95. The van der Waals surface area contributed by atoms with Gasteiger partial charge in [-0.2, -0.15) is 0 Å². The first-order valence-corrected chi connectivity index (χ1v) is 6.92.